The fraction of sp³-hybridized carbons (Fsp3) is 0.640. The number of halogens is 1. The number of carbonyl (C=O) groups is 1. The van der Waals surface area contributed by atoms with Gasteiger partial charge in [-0.2, -0.15) is 0 Å². The highest BCUT2D eigenvalue weighted by atomic mass is 28.4. The van der Waals surface area contributed by atoms with Gasteiger partial charge < -0.3 is 14.5 Å². The molecule has 0 bridgehead atoms. The van der Waals surface area contributed by atoms with E-state index >= 15 is 4.39 Å². The van der Waals surface area contributed by atoms with Crippen LogP contribution in [-0.4, -0.2) is 32.7 Å². The van der Waals surface area contributed by atoms with Gasteiger partial charge in [-0.05, 0) is 69.8 Å². The molecule has 1 unspecified atom stereocenters. The van der Waals surface area contributed by atoms with Crippen molar-refractivity contribution in [3.8, 4) is 0 Å². The second kappa shape index (κ2) is 11.8. The molecule has 0 spiro atoms. The Bertz CT molecular complexity index is 711. The zero-order chi connectivity index (χ0) is 23.7. The van der Waals surface area contributed by atoms with E-state index in [-0.39, 0.29) is 10.9 Å². The van der Waals surface area contributed by atoms with Crippen LogP contribution in [0, 0.1) is 0 Å². The first-order valence-electron chi connectivity index (χ1n) is 11.3. The summed E-state index contributed by atoms with van der Waals surface area (Å²) in [5, 5.41) is 2.85. The first-order valence-corrected chi connectivity index (χ1v) is 14.2. The molecule has 0 fully saturated rings. The quantitative estimate of drug-likeness (QED) is 0.286. The van der Waals surface area contributed by atoms with E-state index in [0.717, 1.165) is 18.4 Å². The Morgan fingerprint density at radius 1 is 1.16 bits per heavy atom. The van der Waals surface area contributed by atoms with Crippen molar-refractivity contribution in [3.05, 3.63) is 47.8 Å². The first-order chi connectivity index (χ1) is 14.3. The number of carbonyl (C=O) groups excluding carboxylic acids is 1. The molecule has 1 aromatic rings. The van der Waals surface area contributed by atoms with E-state index in [1.54, 1.807) is 20.8 Å². The zero-order valence-electron chi connectivity index (χ0n) is 20.7. The molecule has 0 saturated carbocycles. The van der Waals surface area contributed by atoms with Crippen LogP contribution in [0.4, 0.5) is 9.18 Å². The molecule has 0 radical (unpaired) electrons. The molecule has 0 aliphatic carbocycles. The van der Waals surface area contributed by atoms with E-state index in [1.165, 1.54) is 6.08 Å². The molecule has 0 aliphatic rings. The van der Waals surface area contributed by atoms with Gasteiger partial charge in [-0.25, -0.2) is 9.18 Å². The minimum atomic E-state index is -1.91. The molecular formula is C25H42FNO3Si. The second-order valence-electron chi connectivity index (χ2n) is 10.3. The van der Waals surface area contributed by atoms with Crippen LogP contribution in [0.3, 0.4) is 0 Å². The molecule has 0 aliphatic heterocycles. The van der Waals surface area contributed by atoms with Crippen molar-refractivity contribution >= 4 is 14.4 Å². The summed E-state index contributed by atoms with van der Waals surface area (Å²) in [4.78, 5) is 12.3. The Morgan fingerprint density at radius 3 is 2.32 bits per heavy atom. The van der Waals surface area contributed by atoms with Crippen LogP contribution in [0.2, 0.25) is 18.1 Å². The molecule has 1 N–H and O–H groups in total. The summed E-state index contributed by atoms with van der Waals surface area (Å²) in [7, 11) is -1.91. The maximum absolute atomic E-state index is 15.1. The Balaban J connectivity index is 2.80. The number of benzene rings is 1. The van der Waals surface area contributed by atoms with Crippen molar-refractivity contribution < 1.29 is 18.3 Å². The highest BCUT2D eigenvalue weighted by molar-refractivity contribution is 6.74. The molecule has 1 amide bonds. The van der Waals surface area contributed by atoms with Crippen molar-refractivity contribution in [1.82, 2.24) is 5.32 Å². The molecule has 31 heavy (non-hydrogen) atoms. The average Bonchev–Trinajstić information content (AvgIpc) is 2.63. The van der Waals surface area contributed by atoms with E-state index in [1.807, 2.05) is 30.3 Å². The topological polar surface area (TPSA) is 47.6 Å². The number of rotatable bonds is 11. The van der Waals surface area contributed by atoms with Crippen LogP contribution in [0.5, 0.6) is 0 Å². The maximum Gasteiger partial charge on any atom is 0.408 e. The van der Waals surface area contributed by atoms with Crippen LogP contribution < -0.4 is 5.32 Å². The van der Waals surface area contributed by atoms with Gasteiger partial charge in [0, 0.05) is 6.61 Å². The fourth-order valence-corrected chi connectivity index (χ4v) is 5.16. The Hall–Kier alpha value is -1.66. The van der Waals surface area contributed by atoms with Gasteiger partial charge >= 0.3 is 6.09 Å². The lowest BCUT2D eigenvalue weighted by atomic mass is 10.0. The first kappa shape index (κ1) is 27.4. The minimum Gasteiger partial charge on any atom is -0.444 e. The number of hydrogen-bond acceptors (Lipinski definition) is 3. The third-order valence-corrected chi connectivity index (χ3v) is 10.2. The number of ether oxygens (including phenoxy) is 1. The summed E-state index contributed by atoms with van der Waals surface area (Å²) < 4.78 is 26.6. The van der Waals surface area contributed by atoms with Gasteiger partial charge in [0.15, 0.2) is 8.32 Å². The van der Waals surface area contributed by atoms with Crippen molar-refractivity contribution in [3.63, 3.8) is 0 Å². The van der Waals surface area contributed by atoms with E-state index < -0.39 is 26.1 Å². The van der Waals surface area contributed by atoms with Crippen molar-refractivity contribution in [2.24, 2.45) is 0 Å². The maximum atomic E-state index is 15.1. The molecule has 1 atom stereocenters. The van der Waals surface area contributed by atoms with Gasteiger partial charge in [-0.3, -0.25) is 0 Å². The minimum absolute atomic E-state index is 0.165. The highest BCUT2D eigenvalue weighted by Gasteiger charge is 2.40. The Labute approximate surface area is 189 Å². The lowest BCUT2D eigenvalue weighted by molar-refractivity contribution is 0.0506. The summed E-state index contributed by atoms with van der Waals surface area (Å²) >= 11 is 0. The largest absolute Gasteiger partial charge is 0.444 e. The highest BCUT2D eigenvalue weighted by Crippen LogP contribution is 2.42. The predicted molar refractivity (Wildman–Crippen MR) is 129 cm³/mol. The smallest absolute Gasteiger partial charge is 0.408 e. The summed E-state index contributed by atoms with van der Waals surface area (Å²) in [6.45, 7) is 17.0. The zero-order valence-corrected chi connectivity index (χ0v) is 21.7. The monoisotopic (exact) mass is 451 g/mol. The number of alkyl carbamates (subject to hydrolysis) is 1. The summed E-state index contributed by atoms with van der Waals surface area (Å²) in [6.07, 6.45) is 3.97. The number of nitrogens with one attached hydrogen (secondary N) is 1. The van der Waals surface area contributed by atoms with Crippen LogP contribution in [-0.2, 0) is 15.6 Å². The molecule has 176 valence electrons. The molecule has 0 saturated heterocycles. The third-order valence-electron chi connectivity index (χ3n) is 5.73. The SMILES string of the molecule is CCCC(C)(C)[Si](C)(C)OCCC=C(F)C(Cc1ccccc1)NC(=O)OC(C)(C)C. The average molecular weight is 452 g/mol. The lowest BCUT2D eigenvalue weighted by Gasteiger charge is -2.39. The van der Waals surface area contributed by atoms with E-state index in [4.69, 9.17) is 9.16 Å². The van der Waals surface area contributed by atoms with E-state index in [9.17, 15) is 4.79 Å². The van der Waals surface area contributed by atoms with Gasteiger partial charge in [-0.15, -0.1) is 0 Å². The van der Waals surface area contributed by atoms with Crippen molar-refractivity contribution in [2.45, 2.75) is 97.0 Å². The molecule has 1 aromatic carbocycles. The van der Waals surface area contributed by atoms with Gasteiger partial charge in [0.05, 0.1) is 6.04 Å². The molecule has 6 heteroatoms. The normalized spacial score (nSPS) is 14.3. The van der Waals surface area contributed by atoms with Gasteiger partial charge in [-0.1, -0.05) is 57.5 Å². The van der Waals surface area contributed by atoms with Crippen molar-refractivity contribution in [2.75, 3.05) is 6.61 Å². The summed E-state index contributed by atoms with van der Waals surface area (Å²) in [6, 6.07) is 8.78. The van der Waals surface area contributed by atoms with Crippen LogP contribution >= 0.6 is 0 Å². The van der Waals surface area contributed by atoms with Crippen molar-refractivity contribution in [1.29, 1.82) is 0 Å². The standard InChI is InChI=1S/C25H42FNO3Si/c1-9-17-25(5,6)31(7,8)29-18-13-16-21(26)22(19-20-14-11-10-12-15-20)27-23(28)30-24(2,3)4/h10-12,14-16,22H,9,13,17-19H2,1-8H3,(H,27,28). The second-order valence-corrected chi connectivity index (χ2v) is 14.9. The van der Waals surface area contributed by atoms with Crippen LogP contribution in [0.15, 0.2) is 42.2 Å². The Kier molecular flexibility index (Phi) is 10.4. The van der Waals surface area contributed by atoms with Crippen LogP contribution in [0.1, 0.15) is 66.4 Å². The Morgan fingerprint density at radius 2 is 1.77 bits per heavy atom. The molecule has 0 heterocycles. The van der Waals surface area contributed by atoms with Gasteiger partial charge in [0.25, 0.3) is 0 Å². The van der Waals surface area contributed by atoms with Gasteiger partial charge in [0.1, 0.15) is 11.4 Å². The van der Waals surface area contributed by atoms with Gasteiger partial charge in [0.2, 0.25) is 0 Å². The molecule has 0 aromatic heterocycles. The predicted octanol–water partition coefficient (Wildman–Crippen LogP) is 7.17. The summed E-state index contributed by atoms with van der Waals surface area (Å²) in [5.41, 5.74) is 0.301. The number of hydrogen-bond donors (Lipinski definition) is 1. The summed E-state index contributed by atoms with van der Waals surface area (Å²) in [5.74, 6) is -0.370. The molecule has 4 nitrogen and oxygen atoms in total. The van der Waals surface area contributed by atoms with Crippen LogP contribution in [0.25, 0.3) is 0 Å². The molecular weight excluding hydrogens is 409 g/mol. The number of amides is 1. The third kappa shape index (κ3) is 10.00. The molecule has 1 rings (SSSR count). The van der Waals surface area contributed by atoms with E-state index in [2.05, 4.69) is 39.2 Å². The fourth-order valence-electron chi connectivity index (χ4n) is 3.29. The van der Waals surface area contributed by atoms with E-state index in [0.29, 0.717) is 19.4 Å². The lowest BCUT2D eigenvalue weighted by Crippen LogP contribution is -2.42.